The van der Waals surface area contributed by atoms with Crippen LogP contribution in [0.5, 0.6) is 0 Å². The molecule has 0 radical (unpaired) electrons. The third kappa shape index (κ3) is 5.20. The smallest absolute Gasteiger partial charge is 0.338 e. The van der Waals surface area contributed by atoms with Gasteiger partial charge in [0.2, 0.25) is 0 Å². The van der Waals surface area contributed by atoms with Crippen LogP contribution in [-0.2, 0) is 22.6 Å². The zero-order valence-electron chi connectivity index (χ0n) is 16.2. The SMILES string of the molecule is C[C@@H](OC(=O)c1ccc(CO)cc1)C(=O)N1CCC(Cc2ccccc2)CC1. The van der Waals surface area contributed by atoms with Gasteiger partial charge in [-0.2, -0.15) is 0 Å². The summed E-state index contributed by atoms with van der Waals surface area (Å²) in [4.78, 5) is 26.7. The highest BCUT2D eigenvalue weighted by Gasteiger charge is 2.28. The number of amides is 1. The van der Waals surface area contributed by atoms with Gasteiger partial charge in [-0.05, 0) is 55.4 Å². The number of benzene rings is 2. The fourth-order valence-corrected chi connectivity index (χ4v) is 3.59. The molecule has 2 aromatic carbocycles. The van der Waals surface area contributed by atoms with Crippen LogP contribution in [0.25, 0.3) is 0 Å². The van der Waals surface area contributed by atoms with E-state index in [0.29, 0.717) is 24.6 Å². The Balaban J connectivity index is 1.47. The molecule has 1 atom stereocenters. The van der Waals surface area contributed by atoms with Crippen LogP contribution in [0.4, 0.5) is 0 Å². The molecule has 0 aromatic heterocycles. The molecule has 1 amide bonds. The molecule has 5 nitrogen and oxygen atoms in total. The second-order valence-electron chi connectivity index (χ2n) is 7.36. The van der Waals surface area contributed by atoms with Crippen LogP contribution in [0, 0.1) is 5.92 Å². The van der Waals surface area contributed by atoms with Crippen LogP contribution < -0.4 is 0 Å². The van der Waals surface area contributed by atoms with Gasteiger partial charge in [-0.3, -0.25) is 4.79 Å². The molecule has 1 aliphatic heterocycles. The normalized spacial score (nSPS) is 15.9. The molecule has 5 heteroatoms. The maximum atomic E-state index is 12.6. The van der Waals surface area contributed by atoms with E-state index in [0.717, 1.165) is 24.8 Å². The number of aliphatic hydroxyl groups is 1. The average molecular weight is 381 g/mol. The predicted molar refractivity (Wildman–Crippen MR) is 107 cm³/mol. The molecule has 148 valence electrons. The number of piperidine rings is 1. The number of esters is 1. The first-order valence-corrected chi connectivity index (χ1v) is 9.80. The number of rotatable bonds is 6. The molecule has 0 spiro atoms. The monoisotopic (exact) mass is 381 g/mol. The molecule has 1 heterocycles. The van der Waals surface area contributed by atoms with Crippen molar-refractivity contribution in [2.24, 2.45) is 5.92 Å². The Morgan fingerprint density at radius 2 is 1.68 bits per heavy atom. The Morgan fingerprint density at radius 3 is 2.29 bits per heavy atom. The number of aliphatic hydroxyl groups excluding tert-OH is 1. The van der Waals surface area contributed by atoms with E-state index in [4.69, 9.17) is 9.84 Å². The molecule has 0 bridgehead atoms. The summed E-state index contributed by atoms with van der Waals surface area (Å²) in [7, 11) is 0. The molecule has 1 fully saturated rings. The molecule has 28 heavy (non-hydrogen) atoms. The number of carbonyl (C=O) groups excluding carboxylic acids is 2. The highest BCUT2D eigenvalue weighted by Crippen LogP contribution is 2.22. The Bertz CT molecular complexity index is 780. The van der Waals surface area contributed by atoms with Gasteiger partial charge in [0.15, 0.2) is 6.10 Å². The summed E-state index contributed by atoms with van der Waals surface area (Å²) in [5, 5.41) is 9.06. The van der Waals surface area contributed by atoms with Crippen molar-refractivity contribution in [1.29, 1.82) is 0 Å². The van der Waals surface area contributed by atoms with Gasteiger partial charge in [0, 0.05) is 13.1 Å². The lowest BCUT2D eigenvalue weighted by Gasteiger charge is -2.33. The van der Waals surface area contributed by atoms with E-state index in [-0.39, 0.29) is 12.5 Å². The molecular weight excluding hydrogens is 354 g/mol. The lowest BCUT2D eigenvalue weighted by atomic mass is 9.90. The van der Waals surface area contributed by atoms with Gasteiger partial charge in [-0.15, -0.1) is 0 Å². The fraction of sp³-hybridized carbons (Fsp3) is 0.391. The number of carbonyl (C=O) groups is 2. The lowest BCUT2D eigenvalue weighted by molar-refractivity contribution is -0.141. The number of hydrogen-bond acceptors (Lipinski definition) is 4. The Morgan fingerprint density at radius 1 is 1.04 bits per heavy atom. The third-order valence-electron chi connectivity index (χ3n) is 5.30. The van der Waals surface area contributed by atoms with E-state index < -0.39 is 12.1 Å². The minimum atomic E-state index is -0.810. The first kappa shape index (κ1) is 20.1. The summed E-state index contributed by atoms with van der Waals surface area (Å²) in [6.45, 7) is 2.94. The van der Waals surface area contributed by atoms with E-state index in [2.05, 4.69) is 24.3 Å². The molecule has 0 aliphatic carbocycles. The maximum Gasteiger partial charge on any atom is 0.338 e. The lowest BCUT2D eigenvalue weighted by Crippen LogP contribution is -2.44. The molecule has 3 rings (SSSR count). The molecule has 1 N–H and O–H groups in total. The van der Waals surface area contributed by atoms with E-state index in [1.54, 1.807) is 36.1 Å². The van der Waals surface area contributed by atoms with E-state index in [1.807, 2.05) is 6.07 Å². The van der Waals surface area contributed by atoms with E-state index in [9.17, 15) is 9.59 Å². The Kier molecular flexibility index (Phi) is 6.82. The summed E-state index contributed by atoms with van der Waals surface area (Å²) in [6.07, 6.45) is 2.15. The summed E-state index contributed by atoms with van der Waals surface area (Å²) >= 11 is 0. The number of hydrogen-bond donors (Lipinski definition) is 1. The standard InChI is InChI=1S/C23H27NO4/c1-17(28-23(27)21-9-7-20(16-25)8-10-21)22(26)24-13-11-19(12-14-24)15-18-5-3-2-4-6-18/h2-10,17,19,25H,11-16H2,1H3/t17-/m1/s1. The van der Waals surface area contributed by atoms with E-state index in [1.165, 1.54) is 5.56 Å². The largest absolute Gasteiger partial charge is 0.449 e. The summed E-state index contributed by atoms with van der Waals surface area (Å²) in [6, 6.07) is 17.0. The van der Waals surface area contributed by atoms with Crippen molar-refractivity contribution in [3.63, 3.8) is 0 Å². The van der Waals surface area contributed by atoms with Gasteiger partial charge < -0.3 is 14.7 Å². The van der Waals surface area contributed by atoms with Crippen molar-refractivity contribution in [3.05, 3.63) is 71.3 Å². The van der Waals surface area contributed by atoms with Crippen molar-refractivity contribution >= 4 is 11.9 Å². The molecule has 1 saturated heterocycles. The highest BCUT2D eigenvalue weighted by atomic mass is 16.5. The van der Waals surface area contributed by atoms with Gasteiger partial charge in [-0.1, -0.05) is 42.5 Å². The second kappa shape index (κ2) is 9.51. The Hall–Kier alpha value is -2.66. The molecule has 0 unspecified atom stereocenters. The van der Waals surface area contributed by atoms with Crippen LogP contribution in [0.3, 0.4) is 0 Å². The van der Waals surface area contributed by atoms with Crippen LogP contribution in [0.2, 0.25) is 0 Å². The van der Waals surface area contributed by atoms with Crippen LogP contribution in [0.1, 0.15) is 41.3 Å². The molecular formula is C23H27NO4. The topological polar surface area (TPSA) is 66.8 Å². The number of likely N-dealkylation sites (tertiary alicyclic amines) is 1. The Labute approximate surface area is 165 Å². The summed E-state index contributed by atoms with van der Waals surface area (Å²) in [5.41, 5.74) is 2.43. The summed E-state index contributed by atoms with van der Waals surface area (Å²) < 4.78 is 5.35. The van der Waals surface area contributed by atoms with Gasteiger partial charge in [0.25, 0.3) is 5.91 Å². The molecule has 2 aromatic rings. The minimum absolute atomic E-state index is 0.0789. The van der Waals surface area contributed by atoms with Crippen molar-refractivity contribution < 1.29 is 19.4 Å². The van der Waals surface area contributed by atoms with Crippen LogP contribution >= 0.6 is 0 Å². The highest BCUT2D eigenvalue weighted by molar-refractivity contribution is 5.92. The first-order valence-electron chi connectivity index (χ1n) is 9.80. The average Bonchev–Trinajstić information content (AvgIpc) is 2.74. The van der Waals surface area contributed by atoms with Gasteiger partial charge >= 0.3 is 5.97 Å². The van der Waals surface area contributed by atoms with Crippen LogP contribution in [0.15, 0.2) is 54.6 Å². The van der Waals surface area contributed by atoms with Crippen molar-refractivity contribution in [3.8, 4) is 0 Å². The van der Waals surface area contributed by atoms with Gasteiger partial charge in [0.1, 0.15) is 0 Å². The predicted octanol–water partition coefficient (Wildman–Crippen LogP) is 3.21. The minimum Gasteiger partial charge on any atom is -0.449 e. The molecule has 0 saturated carbocycles. The van der Waals surface area contributed by atoms with Crippen molar-refractivity contribution in [2.75, 3.05) is 13.1 Å². The number of nitrogens with zero attached hydrogens (tertiary/aromatic N) is 1. The molecule has 1 aliphatic rings. The van der Waals surface area contributed by atoms with Crippen LogP contribution in [-0.4, -0.2) is 41.1 Å². The van der Waals surface area contributed by atoms with Gasteiger partial charge in [0.05, 0.1) is 12.2 Å². The first-order chi connectivity index (χ1) is 13.6. The van der Waals surface area contributed by atoms with Crippen molar-refractivity contribution in [1.82, 2.24) is 4.90 Å². The third-order valence-corrected chi connectivity index (χ3v) is 5.30. The van der Waals surface area contributed by atoms with E-state index >= 15 is 0 Å². The quantitative estimate of drug-likeness (QED) is 0.781. The number of ether oxygens (including phenoxy) is 1. The zero-order chi connectivity index (χ0) is 19.9. The summed E-state index contributed by atoms with van der Waals surface area (Å²) in [5.74, 6) is -0.0860. The van der Waals surface area contributed by atoms with Crippen molar-refractivity contribution in [2.45, 2.75) is 38.9 Å². The fourth-order valence-electron chi connectivity index (χ4n) is 3.59. The maximum absolute atomic E-state index is 12.6. The van der Waals surface area contributed by atoms with Gasteiger partial charge in [-0.25, -0.2) is 4.79 Å². The zero-order valence-corrected chi connectivity index (χ0v) is 16.2. The second-order valence-corrected chi connectivity index (χ2v) is 7.36.